The van der Waals surface area contributed by atoms with Gasteiger partial charge in [0, 0.05) is 40.6 Å². The molecule has 1 amide bonds. The van der Waals surface area contributed by atoms with Gasteiger partial charge in [0.2, 0.25) is 0 Å². The summed E-state index contributed by atoms with van der Waals surface area (Å²) in [5.74, 6) is -0.179. The number of amides is 1. The van der Waals surface area contributed by atoms with Crippen LogP contribution >= 0.6 is 11.8 Å². The average Bonchev–Trinajstić information content (AvgIpc) is 2.54. The molecule has 0 bridgehead atoms. The van der Waals surface area contributed by atoms with Gasteiger partial charge in [0.25, 0.3) is 5.91 Å². The molecule has 0 fully saturated rings. The number of pyridine rings is 1. The van der Waals surface area contributed by atoms with E-state index >= 15 is 0 Å². The smallest absolute Gasteiger partial charge is 0.252 e. The Kier molecular flexibility index (Phi) is 6.19. The van der Waals surface area contributed by atoms with E-state index in [9.17, 15) is 9.59 Å². The Hall–Kier alpha value is -1.92. The van der Waals surface area contributed by atoms with Crippen LogP contribution in [0.3, 0.4) is 0 Å². The van der Waals surface area contributed by atoms with E-state index in [-0.39, 0.29) is 17.1 Å². The molecular formula is C19H24N2O3S. The van der Waals surface area contributed by atoms with Gasteiger partial charge in [-0.25, -0.2) is 0 Å². The van der Waals surface area contributed by atoms with Crippen LogP contribution in [-0.2, 0) is 9.53 Å². The number of hydrogen-bond donors (Lipinski definition) is 1. The molecular weight excluding hydrogens is 336 g/mol. The van der Waals surface area contributed by atoms with Crippen molar-refractivity contribution in [2.24, 2.45) is 5.41 Å². The van der Waals surface area contributed by atoms with Crippen molar-refractivity contribution in [2.75, 3.05) is 13.7 Å². The number of carbonyl (C=O) groups is 2. The molecule has 0 saturated heterocycles. The van der Waals surface area contributed by atoms with Crippen molar-refractivity contribution >= 4 is 33.7 Å². The number of rotatable bonds is 5. The second kappa shape index (κ2) is 7.97. The number of hydrogen-bond acceptors (Lipinski definition) is 5. The number of nitrogens with one attached hydrogen (secondary N) is 1. The topological polar surface area (TPSA) is 68.3 Å². The van der Waals surface area contributed by atoms with E-state index in [0.717, 1.165) is 10.3 Å². The molecule has 0 aliphatic carbocycles. The van der Waals surface area contributed by atoms with Crippen molar-refractivity contribution < 1.29 is 14.3 Å². The molecule has 1 unspecified atom stereocenters. The summed E-state index contributed by atoms with van der Waals surface area (Å²) in [5, 5.41) is 3.70. The second-order valence-electron chi connectivity index (χ2n) is 6.98. The molecule has 1 N–H and O–H groups in total. The monoisotopic (exact) mass is 360 g/mol. The third kappa shape index (κ3) is 4.80. The first-order valence-electron chi connectivity index (χ1n) is 8.14. The fourth-order valence-electron chi connectivity index (χ4n) is 2.27. The van der Waals surface area contributed by atoms with Gasteiger partial charge < -0.3 is 10.1 Å². The van der Waals surface area contributed by atoms with Gasteiger partial charge in [-0.15, -0.1) is 0 Å². The molecule has 0 radical (unpaired) electrons. The highest BCUT2D eigenvalue weighted by atomic mass is 32.2. The van der Waals surface area contributed by atoms with Gasteiger partial charge in [0.05, 0.1) is 12.1 Å². The molecule has 0 aliphatic rings. The number of thioether (sulfide) groups is 1. The number of carbonyl (C=O) groups excluding carboxylic acids is 2. The summed E-state index contributed by atoms with van der Waals surface area (Å²) in [4.78, 5) is 30.1. The summed E-state index contributed by atoms with van der Waals surface area (Å²) >= 11 is 1.17. The molecule has 25 heavy (non-hydrogen) atoms. The van der Waals surface area contributed by atoms with Gasteiger partial charge >= 0.3 is 0 Å². The lowest BCUT2D eigenvalue weighted by molar-refractivity contribution is -0.117. The number of fused-ring (bicyclic) bond motifs is 1. The third-order valence-electron chi connectivity index (χ3n) is 3.59. The quantitative estimate of drug-likeness (QED) is 0.824. The zero-order chi connectivity index (χ0) is 18.6. The molecule has 0 spiro atoms. The molecule has 5 nitrogen and oxygen atoms in total. The van der Waals surface area contributed by atoms with Crippen LogP contribution in [0.1, 0.15) is 38.1 Å². The SMILES string of the molecule is COCC(C)NC(=O)c1ccc(SC(=O)C(C)(C)C)c2ncccc12. The van der Waals surface area contributed by atoms with Gasteiger partial charge in [-0.3, -0.25) is 14.6 Å². The molecule has 6 heteroatoms. The fourth-order valence-corrected chi connectivity index (χ4v) is 3.17. The summed E-state index contributed by atoms with van der Waals surface area (Å²) in [7, 11) is 1.60. The van der Waals surface area contributed by atoms with Gasteiger partial charge in [-0.2, -0.15) is 0 Å². The molecule has 2 rings (SSSR count). The summed E-state index contributed by atoms with van der Waals surface area (Å²) in [6.45, 7) is 7.98. The number of benzene rings is 1. The molecule has 1 aromatic heterocycles. The molecule has 1 aromatic carbocycles. The largest absolute Gasteiger partial charge is 0.383 e. The van der Waals surface area contributed by atoms with Crippen molar-refractivity contribution in [1.29, 1.82) is 0 Å². The molecule has 2 aromatic rings. The fraction of sp³-hybridized carbons (Fsp3) is 0.421. The average molecular weight is 360 g/mol. The van der Waals surface area contributed by atoms with Gasteiger partial charge in [0.15, 0.2) is 5.12 Å². The van der Waals surface area contributed by atoms with Crippen LogP contribution in [0.2, 0.25) is 0 Å². The van der Waals surface area contributed by atoms with E-state index in [1.54, 1.807) is 31.5 Å². The predicted octanol–water partition coefficient (Wildman–Crippen LogP) is 3.66. The van der Waals surface area contributed by atoms with Crippen molar-refractivity contribution in [1.82, 2.24) is 10.3 Å². The van der Waals surface area contributed by atoms with Crippen LogP contribution in [0.5, 0.6) is 0 Å². The molecule has 0 saturated carbocycles. The minimum Gasteiger partial charge on any atom is -0.383 e. The van der Waals surface area contributed by atoms with E-state index in [4.69, 9.17) is 4.74 Å². The first-order valence-corrected chi connectivity index (χ1v) is 8.95. The third-order valence-corrected chi connectivity index (χ3v) is 4.93. The first kappa shape index (κ1) is 19.4. The first-order chi connectivity index (χ1) is 11.7. The number of ether oxygens (including phenoxy) is 1. The number of nitrogens with zero attached hydrogens (tertiary/aromatic N) is 1. The summed E-state index contributed by atoms with van der Waals surface area (Å²) in [6, 6.07) is 7.08. The van der Waals surface area contributed by atoms with E-state index in [1.165, 1.54) is 11.8 Å². The van der Waals surface area contributed by atoms with Crippen molar-refractivity contribution in [3.8, 4) is 0 Å². The van der Waals surface area contributed by atoms with Crippen LogP contribution in [0, 0.1) is 5.41 Å². The summed E-state index contributed by atoms with van der Waals surface area (Å²) in [5.41, 5.74) is 0.757. The van der Waals surface area contributed by atoms with Gasteiger partial charge in [0.1, 0.15) is 0 Å². The Morgan fingerprint density at radius 2 is 2.00 bits per heavy atom. The zero-order valence-corrected chi connectivity index (χ0v) is 16.1. The highest BCUT2D eigenvalue weighted by Crippen LogP contribution is 2.34. The second-order valence-corrected chi connectivity index (χ2v) is 7.99. The minimum absolute atomic E-state index is 0.0605. The highest BCUT2D eigenvalue weighted by molar-refractivity contribution is 8.13. The molecule has 0 aliphatic heterocycles. The van der Waals surface area contributed by atoms with E-state index in [0.29, 0.717) is 17.7 Å². The minimum atomic E-state index is -0.447. The Morgan fingerprint density at radius 1 is 1.28 bits per heavy atom. The lowest BCUT2D eigenvalue weighted by Crippen LogP contribution is -2.35. The van der Waals surface area contributed by atoms with Crippen molar-refractivity contribution in [3.63, 3.8) is 0 Å². The maximum absolute atomic E-state index is 12.6. The number of methoxy groups -OCH3 is 1. The standard InChI is InChI=1S/C19H24N2O3S/c1-12(11-24-5)21-17(22)14-8-9-15(25-18(23)19(2,3)4)16-13(14)7-6-10-20-16/h6-10,12H,11H2,1-5H3,(H,21,22). The van der Waals surface area contributed by atoms with E-state index in [2.05, 4.69) is 10.3 Å². The Bertz CT molecular complexity index is 784. The maximum atomic E-state index is 12.6. The Labute approximate surface area is 152 Å². The lowest BCUT2D eigenvalue weighted by Gasteiger charge is -2.17. The van der Waals surface area contributed by atoms with E-state index in [1.807, 2.05) is 33.8 Å². The Morgan fingerprint density at radius 3 is 2.64 bits per heavy atom. The zero-order valence-electron chi connectivity index (χ0n) is 15.3. The normalized spacial score (nSPS) is 12.8. The van der Waals surface area contributed by atoms with Crippen molar-refractivity contribution in [3.05, 3.63) is 36.0 Å². The molecule has 1 atom stereocenters. The van der Waals surface area contributed by atoms with E-state index < -0.39 is 5.41 Å². The highest BCUT2D eigenvalue weighted by Gasteiger charge is 2.24. The lowest BCUT2D eigenvalue weighted by atomic mass is 10.00. The van der Waals surface area contributed by atoms with Gasteiger partial charge in [-0.05, 0) is 36.9 Å². The molecule has 134 valence electrons. The maximum Gasteiger partial charge on any atom is 0.252 e. The Balaban J connectivity index is 2.38. The van der Waals surface area contributed by atoms with Crippen LogP contribution in [0.25, 0.3) is 10.9 Å². The summed E-state index contributed by atoms with van der Waals surface area (Å²) in [6.07, 6.45) is 1.67. The van der Waals surface area contributed by atoms with Gasteiger partial charge in [-0.1, -0.05) is 26.8 Å². The van der Waals surface area contributed by atoms with Crippen molar-refractivity contribution in [2.45, 2.75) is 38.6 Å². The number of aromatic nitrogens is 1. The van der Waals surface area contributed by atoms with Crippen LogP contribution in [0.4, 0.5) is 0 Å². The predicted molar refractivity (Wildman–Crippen MR) is 101 cm³/mol. The molecule has 1 heterocycles. The van der Waals surface area contributed by atoms with Crippen LogP contribution in [-0.4, -0.2) is 35.8 Å². The summed E-state index contributed by atoms with van der Waals surface area (Å²) < 4.78 is 5.05. The van der Waals surface area contributed by atoms with Crippen LogP contribution < -0.4 is 5.32 Å². The van der Waals surface area contributed by atoms with Crippen LogP contribution in [0.15, 0.2) is 35.4 Å².